The Morgan fingerprint density at radius 3 is 2.52 bits per heavy atom. The van der Waals surface area contributed by atoms with E-state index in [1.54, 1.807) is 13.2 Å². The van der Waals surface area contributed by atoms with Gasteiger partial charge in [0.25, 0.3) is 0 Å². The number of aryl methyl sites for hydroxylation is 2. The average molecular weight is 425 g/mol. The van der Waals surface area contributed by atoms with E-state index in [0.717, 1.165) is 40.5 Å². The molecule has 1 heterocycles. The predicted octanol–water partition coefficient (Wildman–Crippen LogP) is 3.06. The topological polar surface area (TPSA) is 76.4 Å². The van der Waals surface area contributed by atoms with Gasteiger partial charge in [0, 0.05) is 13.6 Å². The Kier molecular flexibility index (Phi) is 7.59. The van der Waals surface area contributed by atoms with Crippen molar-refractivity contribution < 1.29 is 9.13 Å². The summed E-state index contributed by atoms with van der Waals surface area (Å²) in [4.78, 5) is 4.70. The lowest BCUT2D eigenvalue weighted by Gasteiger charge is -2.13. The Morgan fingerprint density at radius 1 is 1.10 bits per heavy atom. The summed E-state index contributed by atoms with van der Waals surface area (Å²) in [5.74, 6) is 2.96. The van der Waals surface area contributed by atoms with E-state index in [-0.39, 0.29) is 5.82 Å². The molecule has 0 saturated heterocycles. The van der Waals surface area contributed by atoms with Crippen molar-refractivity contribution in [3.63, 3.8) is 0 Å². The molecule has 0 saturated carbocycles. The van der Waals surface area contributed by atoms with Crippen molar-refractivity contribution in [1.29, 1.82) is 0 Å². The van der Waals surface area contributed by atoms with Gasteiger partial charge >= 0.3 is 0 Å². The quantitative estimate of drug-likeness (QED) is 0.429. The zero-order chi connectivity index (χ0) is 22.2. The molecule has 0 aliphatic carbocycles. The van der Waals surface area contributed by atoms with Crippen LogP contribution in [0.4, 0.5) is 4.39 Å². The lowest BCUT2D eigenvalue weighted by Crippen LogP contribution is -2.38. The Labute approximate surface area is 182 Å². The molecular weight excluding hydrogens is 395 g/mol. The molecule has 0 unspecified atom stereocenters. The number of hydrogen-bond donors (Lipinski definition) is 2. The number of methoxy groups -OCH3 is 1. The van der Waals surface area contributed by atoms with Crippen LogP contribution in [0.1, 0.15) is 28.3 Å². The van der Waals surface area contributed by atoms with Crippen molar-refractivity contribution in [1.82, 2.24) is 25.4 Å². The van der Waals surface area contributed by atoms with Gasteiger partial charge in [0.1, 0.15) is 17.4 Å². The van der Waals surface area contributed by atoms with Crippen LogP contribution in [0.2, 0.25) is 0 Å². The third kappa shape index (κ3) is 6.28. The summed E-state index contributed by atoms with van der Waals surface area (Å²) < 4.78 is 20.5. The number of rotatable bonds is 8. The second-order valence-corrected chi connectivity index (χ2v) is 7.34. The Hall–Kier alpha value is -3.42. The van der Waals surface area contributed by atoms with Gasteiger partial charge in [-0.2, -0.15) is 0 Å². The molecule has 3 aromatic rings. The fourth-order valence-electron chi connectivity index (χ4n) is 3.10. The van der Waals surface area contributed by atoms with E-state index < -0.39 is 0 Å². The van der Waals surface area contributed by atoms with Gasteiger partial charge in [0.2, 0.25) is 0 Å². The molecule has 3 rings (SSSR count). The predicted molar refractivity (Wildman–Crippen MR) is 120 cm³/mol. The van der Waals surface area contributed by atoms with E-state index in [2.05, 4.69) is 20.8 Å². The van der Waals surface area contributed by atoms with Crippen molar-refractivity contribution in [2.45, 2.75) is 33.4 Å². The summed E-state index contributed by atoms with van der Waals surface area (Å²) in [6.07, 6.45) is 0.762. The maximum Gasteiger partial charge on any atom is 0.191 e. The van der Waals surface area contributed by atoms with E-state index >= 15 is 0 Å². The summed E-state index contributed by atoms with van der Waals surface area (Å²) in [6.45, 7) is 5.52. The molecule has 1 aromatic heterocycles. The standard InChI is InChI=1S/C23H29FN6O/c1-16-13-20(24)8-7-19(16)11-12-25-23(27-15-22-29-28-17(2)30(22)3)26-14-18-5-9-21(31-4)10-6-18/h5-10,13H,11-12,14-15H2,1-4H3,(H2,25,26,27). The molecule has 0 radical (unpaired) electrons. The summed E-state index contributed by atoms with van der Waals surface area (Å²) >= 11 is 0. The van der Waals surface area contributed by atoms with Crippen molar-refractivity contribution >= 4 is 5.96 Å². The van der Waals surface area contributed by atoms with Gasteiger partial charge in [0.15, 0.2) is 11.8 Å². The molecular formula is C23H29FN6O. The van der Waals surface area contributed by atoms with E-state index in [0.29, 0.717) is 25.6 Å². The minimum absolute atomic E-state index is 0.211. The SMILES string of the molecule is COc1ccc(CN=C(NCCc2ccc(F)cc2C)NCc2nnc(C)n2C)cc1. The zero-order valence-corrected chi connectivity index (χ0v) is 18.4. The molecule has 7 nitrogen and oxygen atoms in total. The number of nitrogens with zero attached hydrogens (tertiary/aromatic N) is 4. The number of hydrogen-bond acceptors (Lipinski definition) is 4. The molecule has 164 valence electrons. The highest BCUT2D eigenvalue weighted by Gasteiger charge is 2.07. The molecule has 0 amide bonds. The minimum Gasteiger partial charge on any atom is -0.497 e. The Bertz CT molecular complexity index is 1030. The van der Waals surface area contributed by atoms with E-state index in [9.17, 15) is 4.39 Å². The first kappa shape index (κ1) is 22.3. The Balaban J connectivity index is 1.65. The molecule has 2 N–H and O–H groups in total. The number of nitrogens with one attached hydrogen (secondary N) is 2. The lowest BCUT2D eigenvalue weighted by atomic mass is 10.1. The molecule has 0 bridgehead atoms. The van der Waals surface area contributed by atoms with Crippen LogP contribution in [0.5, 0.6) is 5.75 Å². The highest BCUT2D eigenvalue weighted by Crippen LogP contribution is 2.12. The third-order valence-corrected chi connectivity index (χ3v) is 5.17. The number of ether oxygens (including phenoxy) is 1. The second-order valence-electron chi connectivity index (χ2n) is 7.34. The highest BCUT2D eigenvalue weighted by molar-refractivity contribution is 5.79. The molecule has 0 spiro atoms. The maximum atomic E-state index is 13.3. The van der Waals surface area contributed by atoms with Gasteiger partial charge in [-0.15, -0.1) is 10.2 Å². The Morgan fingerprint density at radius 2 is 1.87 bits per heavy atom. The summed E-state index contributed by atoms with van der Waals surface area (Å²) in [5.41, 5.74) is 3.12. The van der Waals surface area contributed by atoms with Crippen LogP contribution in [0.3, 0.4) is 0 Å². The van der Waals surface area contributed by atoms with Crippen molar-refractivity contribution in [3.8, 4) is 5.75 Å². The van der Waals surface area contributed by atoms with Gasteiger partial charge in [-0.1, -0.05) is 18.2 Å². The monoisotopic (exact) mass is 424 g/mol. The first-order chi connectivity index (χ1) is 15.0. The fraction of sp³-hybridized carbons (Fsp3) is 0.348. The number of halogens is 1. The minimum atomic E-state index is -0.211. The van der Waals surface area contributed by atoms with Crippen LogP contribution < -0.4 is 15.4 Å². The third-order valence-electron chi connectivity index (χ3n) is 5.17. The first-order valence-corrected chi connectivity index (χ1v) is 10.2. The van der Waals surface area contributed by atoms with E-state index in [1.807, 2.05) is 55.8 Å². The maximum absolute atomic E-state index is 13.3. The van der Waals surface area contributed by atoms with Gasteiger partial charge < -0.3 is 19.9 Å². The molecule has 2 aromatic carbocycles. The van der Waals surface area contributed by atoms with Crippen LogP contribution in [0, 0.1) is 19.7 Å². The molecule has 31 heavy (non-hydrogen) atoms. The van der Waals surface area contributed by atoms with Gasteiger partial charge in [-0.3, -0.25) is 0 Å². The van der Waals surface area contributed by atoms with Crippen LogP contribution in [-0.2, 0) is 26.6 Å². The lowest BCUT2D eigenvalue weighted by molar-refractivity contribution is 0.414. The van der Waals surface area contributed by atoms with E-state index in [4.69, 9.17) is 9.73 Å². The van der Waals surface area contributed by atoms with Gasteiger partial charge in [0.05, 0.1) is 20.2 Å². The molecule has 0 fully saturated rings. The van der Waals surface area contributed by atoms with Crippen LogP contribution >= 0.6 is 0 Å². The fourth-order valence-corrected chi connectivity index (χ4v) is 3.10. The van der Waals surface area contributed by atoms with Crippen LogP contribution in [-0.4, -0.2) is 34.4 Å². The first-order valence-electron chi connectivity index (χ1n) is 10.2. The normalized spacial score (nSPS) is 11.5. The smallest absolute Gasteiger partial charge is 0.191 e. The number of aliphatic imine (C=N–C) groups is 1. The van der Waals surface area contributed by atoms with Crippen LogP contribution in [0.25, 0.3) is 0 Å². The zero-order valence-electron chi connectivity index (χ0n) is 18.4. The number of benzene rings is 2. The van der Waals surface area contributed by atoms with Crippen molar-refractivity contribution in [2.24, 2.45) is 12.0 Å². The number of guanidine groups is 1. The summed E-state index contributed by atoms with van der Waals surface area (Å²) in [7, 11) is 3.58. The van der Waals surface area contributed by atoms with Gasteiger partial charge in [-0.25, -0.2) is 9.38 Å². The summed E-state index contributed by atoms with van der Waals surface area (Å²) in [6, 6.07) is 12.7. The van der Waals surface area contributed by atoms with Crippen molar-refractivity contribution in [2.75, 3.05) is 13.7 Å². The van der Waals surface area contributed by atoms with Gasteiger partial charge in [-0.05, 0) is 61.2 Å². The highest BCUT2D eigenvalue weighted by atomic mass is 19.1. The molecule has 0 aliphatic heterocycles. The molecule has 0 aliphatic rings. The number of aromatic nitrogens is 3. The van der Waals surface area contributed by atoms with Crippen LogP contribution in [0.15, 0.2) is 47.5 Å². The second kappa shape index (κ2) is 10.6. The summed E-state index contributed by atoms with van der Waals surface area (Å²) in [5, 5.41) is 15.0. The van der Waals surface area contributed by atoms with E-state index in [1.165, 1.54) is 6.07 Å². The molecule has 8 heteroatoms. The molecule has 0 atom stereocenters. The largest absolute Gasteiger partial charge is 0.497 e. The average Bonchev–Trinajstić information content (AvgIpc) is 3.09. The van der Waals surface area contributed by atoms with Crippen molar-refractivity contribution in [3.05, 3.63) is 76.6 Å².